The summed E-state index contributed by atoms with van der Waals surface area (Å²) in [5.41, 5.74) is 2.05. The Labute approximate surface area is 143 Å². The normalized spacial score (nSPS) is 36.9. The van der Waals surface area contributed by atoms with Crippen molar-refractivity contribution in [3.8, 4) is 5.75 Å². The lowest BCUT2D eigenvalue weighted by Crippen LogP contribution is -2.48. The van der Waals surface area contributed by atoms with E-state index in [2.05, 4.69) is 11.7 Å². The molecule has 0 bridgehead atoms. The van der Waals surface area contributed by atoms with Gasteiger partial charge >= 0.3 is 0 Å². The second-order valence-corrected chi connectivity index (χ2v) is 7.78. The highest BCUT2D eigenvalue weighted by Gasteiger charge is 2.57. The number of hydrogen-bond acceptors (Lipinski definition) is 4. The zero-order valence-corrected chi connectivity index (χ0v) is 14.8. The number of benzene rings is 1. The van der Waals surface area contributed by atoms with Crippen LogP contribution in [0.3, 0.4) is 0 Å². The lowest BCUT2D eigenvalue weighted by Gasteiger charge is -2.50. The minimum Gasteiger partial charge on any atom is -0.508 e. The van der Waals surface area contributed by atoms with Gasteiger partial charge in [0, 0.05) is 32.0 Å². The van der Waals surface area contributed by atoms with E-state index in [1.807, 2.05) is 12.1 Å². The summed E-state index contributed by atoms with van der Waals surface area (Å²) in [6, 6.07) is 5.54. The molecule has 1 aromatic carbocycles. The van der Waals surface area contributed by atoms with Crippen LogP contribution in [0.2, 0.25) is 0 Å². The van der Waals surface area contributed by atoms with E-state index in [9.17, 15) is 15.0 Å². The van der Waals surface area contributed by atoms with Crippen molar-refractivity contribution in [2.24, 2.45) is 17.3 Å². The molecule has 5 atom stereocenters. The number of phenols is 1. The number of rotatable bonds is 0. The topological polar surface area (TPSA) is 66.8 Å². The predicted octanol–water partition coefficient (Wildman–Crippen LogP) is 3.05. The van der Waals surface area contributed by atoms with Crippen molar-refractivity contribution < 1.29 is 19.7 Å². The summed E-state index contributed by atoms with van der Waals surface area (Å²) in [6.45, 7) is 2.07. The molecule has 2 fully saturated rings. The Morgan fingerprint density at radius 2 is 1.92 bits per heavy atom. The first-order chi connectivity index (χ1) is 11.4. The van der Waals surface area contributed by atoms with Crippen LogP contribution in [0, 0.1) is 17.3 Å². The van der Waals surface area contributed by atoms with Crippen molar-refractivity contribution in [3.05, 3.63) is 29.3 Å². The van der Waals surface area contributed by atoms with Gasteiger partial charge in [-0.25, -0.2) is 0 Å². The lowest BCUT2D eigenvalue weighted by atomic mass is 9.54. The molecular formula is C20H28O4. The summed E-state index contributed by atoms with van der Waals surface area (Å²) < 4.78 is 4.25. The van der Waals surface area contributed by atoms with Gasteiger partial charge in [0.15, 0.2) is 0 Å². The van der Waals surface area contributed by atoms with Gasteiger partial charge in [0.05, 0.1) is 6.10 Å². The smallest absolute Gasteiger partial charge is 0.139 e. The fourth-order valence-corrected chi connectivity index (χ4v) is 5.42. The molecule has 0 heterocycles. The van der Waals surface area contributed by atoms with Crippen LogP contribution in [0.25, 0.3) is 0 Å². The molecule has 2 saturated carbocycles. The molecule has 4 nitrogen and oxygen atoms in total. The highest BCUT2D eigenvalue weighted by molar-refractivity contribution is 5.87. The Kier molecular flexibility index (Phi) is 4.71. The van der Waals surface area contributed by atoms with Gasteiger partial charge in [-0.2, -0.15) is 0 Å². The van der Waals surface area contributed by atoms with Gasteiger partial charge in [-0.15, -0.1) is 0 Å². The highest BCUT2D eigenvalue weighted by atomic mass is 16.4. The third-order valence-electron chi connectivity index (χ3n) is 6.40. The van der Waals surface area contributed by atoms with Crippen LogP contribution in [0.15, 0.2) is 18.2 Å². The first kappa shape index (κ1) is 17.4. The second kappa shape index (κ2) is 6.49. The number of carbonyl (C=O) groups is 1. The van der Waals surface area contributed by atoms with Gasteiger partial charge < -0.3 is 14.9 Å². The lowest BCUT2D eigenvalue weighted by molar-refractivity contribution is -0.133. The standard InChI is InChI=1S/C18H22O3.C2H6O/c1-18-9-15(20)17-12-5-3-11(19)8-10(12)2-4-13(17)14(18)6-7-16(18)21;1-3-2/h3,5,8,13-15,17,19-20H,2,4,6-7,9H2,1H3;1-2H3/t13-,14-,15?,17+,18-;/m0./s1. The van der Waals surface area contributed by atoms with E-state index in [-0.39, 0.29) is 11.3 Å². The number of aromatic hydroxyl groups is 1. The predicted molar refractivity (Wildman–Crippen MR) is 92.1 cm³/mol. The summed E-state index contributed by atoms with van der Waals surface area (Å²) in [5, 5.41) is 20.4. The fraction of sp³-hybridized carbons (Fsp3) is 0.650. The first-order valence-electron chi connectivity index (χ1n) is 8.85. The number of hydrogen-bond donors (Lipinski definition) is 2. The molecule has 1 unspecified atom stereocenters. The zero-order chi connectivity index (χ0) is 17.5. The molecule has 0 aliphatic heterocycles. The van der Waals surface area contributed by atoms with Gasteiger partial charge in [-0.1, -0.05) is 13.0 Å². The van der Waals surface area contributed by atoms with Crippen molar-refractivity contribution in [3.63, 3.8) is 0 Å². The molecule has 0 amide bonds. The molecule has 4 heteroatoms. The Balaban J connectivity index is 0.000000526. The maximum atomic E-state index is 12.3. The van der Waals surface area contributed by atoms with Crippen molar-refractivity contribution >= 4 is 5.78 Å². The minimum atomic E-state index is -0.443. The van der Waals surface area contributed by atoms with E-state index in [4.69, 9.17) is 0 Å². The van der Waals surface area contributed by atoms with E-state index in [0.717, 1.165) is 19.3 Å². The van der Waals surface area contributed by atoms with Gasteiger partial charge in [-0.3, -0.25) is 4.79 Å². The molecule has 1 aromatic rings. The number of fused-ring (bicyclic) bond motifs is 5. The van der Waals surface area contributed by atoms with Gasteiger partial charge in [0.1, 0.15) is 11.5 Å². The van der Waals surface area contributed by atoms with Crippen LogP contribution in [0.5, 0.6) is 5.75 Å². The van der Waals surface area contributed by atoms with Crippen LogP contribution < -0.4 is 0 Å². The quantitative estimate of drug-likeness (QED) is 0.766. The van der Waals surface area contributed by atoms with Gasteiger partial charge in [0.2, 0.25) is 0 Å². The van der Waals surface area contributed by atoms with Crippen molar-refractivity contribution in [2.45, 2.75) is 51.0 Å². The van der Waals surface area contributed by atoms with E-state index in [0.29, 0.717) is 36.2 Å². The SMILES string of the molecule is COC.C[C@]12CC(O)[C@@H]3c4ccc(O)cc4CC[C@H]3[C@@H]1CCC2=O. The molecule has 0 aromatic heterocycles. The third kappa shape index (κ3) is 2.66. The molecule has 24 heavy (non-hydrogen) atoms. The summed E-state index contributed by atoms with van der Waals surface area (Å²) in [5.74, 6) is 1.61. The van der Waals surface area contributed by atoms with Crippen LogP contribution in [0.4, 0.5) is 0 Å². The molecule has 3 aliphatic carbocycles. The number of ether oxygens (including phenoxy) is 1. The zero-order valence-electron chi connectivity index (χ0n) is 14.8. The number of carbonyl (C=O) groups excluding carboxylic acids is 1. The van der Waals surface area contributed by atoms with Crippen molar-refractivity contribution in [2.75, 3.05) is 14.2 Å². The van der Waals surface area contributed by atoms with E-state index >= 15 is 0 Å². The van der Waals surface area contributed by atoms with Crippen LogP contribution in [0.1, 0.15) is 49.7 Å². The summed E-state index contributed by atoms with van der Waals surface area (Å²) in [4.78, 5) is 12.3. The Hall–Kier alpha value is -1.39. The van der Waals surface area contributed by atoms with E-state index in [1.165, 1.54) is 11.1 Å². The fourth-order valence-electron chi connectivity index (χ4n) is 5.42. The second-order valence-electron chi connectivity index (χ2n) is 7.78. The average Bonchev–Trinajstić information content (AvgIpc) is 2.82. The third-order valence-corrected chi connectivity index (χ3v) is 6.40. The average molecular weight is 332 g/mol. The Morgan fingerprint density at radius 1 is 1.21 bits per heavy atom. The van der Waals surface area contributed by atoms with Crippen LogP contribution in [-0.2, 0) is 16.0 Å². The van der Waals surface area contributed by atoms with Crippen LogP contribution in [-0.4, -0.2) is 36.3 Å². The summed E-state index contributed by atoms with van der Waals surface area (Å²) in [7, 11) is 3.25. The number of Topliss-reactive ketones (excluding diaryl/α,β-unsaturated/α-hetero) is 1. The summed E-state index contributed by atoms with van der Waals surface area (Å²) in [6.07, 6.45) is 3.78. The van der Waals surface area contributed by atoms with Crippen molar-refractivity contribution in [1.82, 2.24) is 0 Å². The highest BCUT2D eigenvalue weighted by Crippen LogP contribution is 2.59. The summed E-state index contributed by atoms with van der Waals surface area (Å²) >= 11 is 0. The maximum Gasteiger partial charge on any atom is 0.139 e. The molecule has 0 spiro atoms. The molecule has 0 saturated heterocycles. The van der Waals surface area contributed by atoms with Gasteiger partial charge in [-0.05, 0) is 60.8 Å². The molecular weight excluding hydrogens is 304 g/mol. The number of aryl methyl sites for hydroxylation is 1. The molecule has 2 N–H and O–H groups in total. The van der Waals surface area contributed by atoms with Crippen LogP contribution >= 0.6 is 0 Å². The number of ketones is 1. The molecule has 132 valence electrons. The maximum absolute atomic E-state index is 12.3. The molecule has 3 aliphatic rings. The monoisotopic (exact) mass is 332 g/mol. The first-order valence-corrected chi connectivity index (χ1v) is 8.85. The number of methoxy groups -OCH3 is 1. The molecule has 0 radical (unpaired) electrons. The largest absolute Gasteiger partial charge is 0.508 e. The number of phenolic OH excluding ortho intramolecular Hbond substituents is 1. The van der Waals surface area contributed by atoms with E-state index < -0.39 is 6.10 Å². The van der Waals surface area contributed by atoms with E-state index in [1.54, 1.807) is 20.3 Å². The van der Waals surface area contributed by atoms with Crippen molar-refractivity contribution in [1.29, 1.82) is 0 Å². The Morgan fingerprint density at radius 3 is 2.62 bits per heavy atom. The molecule has 4 rings (SSSR count). The minimum absolute atomic E-state index is 0.137. The number of aliphatic hydroxyl groups excluding tert-OH is 1. The number of aliphatic hydroxyl groups is 1. The Bertz CT molecular complexity index is 626. The van der Waals surface area contributed by atoms with Gasteiger partial charge in [0.25, 0.3) is 0 Å².